The number of nitrogens with zero attached hydrogens (tertiary/aromatic N) is 1. The number of benzene rings is 1. The van der Waals surface area contributed by atoms with Gasteiger partial charge in [0.1, 0.15) is 11.9 Å². The number of halogens is 1. The van der Waals surface area contributed by atoms with Gasteiger partial charge in [-0.3, -0.25) is 0 Å². The van der Waals surface area contributed by atoms with Crippen LogP contribution in [0.1, 0.15) is 23.4 Å². The lowest BCUT2D eigenvalue weighted by Gasteiger charge is -2.10. The third-order valence-electron chi connectivity index (χ3n) is 2.37. The summed E-state index contributed by atoms with van der Waals surface area (Å²) in [6.07, 6.45) is 0. The Morgan fingerprint density at radius 3 is 3.00 bits per heavy atom. The fraction of sp³-hybridized carbons (Fsp3) is 0.364. The molecule has 1 heterocycles. The van der Waals surface area contributed by atoms with Gasteiger partial charge in [-0.25, -0.2) is 4.39 Å². The Hall–Kier alpha value is -1.05. The third-order valence-corrected chi connectivity index (χ3v) is 3.71. The van der Waals surface area contributed by atoms with Crippen molar-refractivity contribution < 1.29 is 4.39 Å². The summed E-state index contributed by atoms with van der Waals surface area (Å²) in [5.74, 6) is -0.447. The SMILES string of the molecule is CC1CNC(c2ccc(F)c(C#N)c2)S1. The molecule has 15 heavy (non-hydrogen) atoms. The second kappa shape index (κ2) is 4.21. The molecule has 1 aromatic rings. The second-order valence-electron chi connectivity index (χ2n) is 3.59. The molecule has 0 bridgehead atoms. The number of thioether (sulfide) groups is 1. The van der Waals surface area contributed by atoms with Crippen LogP contribution < -0.4 is 5.32 Å². The Kier molecular flexibility index (Phi) is 2.94. The molecule has 1 aromatic carbocycles. The smallest absolute Gasteiger partial charge is 0.140 e. The minimum atomic E-state index is -0.447. The molecule has 2 unspecified atom stereocenters. The van der Waals surface area contributed by atoms with Crippen LogP contribution in [0.25, 0.3) is 0 Å². The monoisotopic (exact) mass is 222 g/mol. The van der Waals surface area contributed by atoms with Crippen LogP contribution in [0.3, 0.4) is 0 Å². The lowest BCUT2D eigenvalue weighted by Crippen LogP contribution is -2.14. The van der Waals surface area contributed by atoms with Gasteiger partial charge in [-0.1, -0.05) is 13.0 Å². The zero-order chi connectivity index (χ0) is 10.8. The average molecular weight is 222 g/mol. The third kappa shape index (κ3) is 2.14. The largest absolute Gasteiger partial charge is 0.301 e. The molecule has 1 aliphatic rings. The Labute approximate surface area is 92.5 Å². The molecule has 0 radical (unpaired) electrons. The zero-order valence-electron chi connectivity index (χ0n) is 8.33. The van der Waals surface area contributed by atoms with Crippen LogP contribution >= 0.6 is 11.8 Å². The highest BCUT2D eigenvalue weighted by atomic mass is 32.2. The molecule has 0 amide bonds. The molecular weight excluding hydrogens is 211 g/mol. The van der Waals surface area contributed by atoms with Gasteiger partial charge in [0, 0.05) is 11.8 Å². The van der Waals surface area contributed by atoms with Gasteiger partial charge >= 0.3 is 0 Å². The number of hydrogen-bond donors (Lipinski definition) is 1. The molecule has 0 aliphatic carbocycles. The summed E-state index contributed by atoms with van der Waals surface area (Å²) in [7, 11) is 0. The van der Waals surface area contributed by atoms with E-state index in [1.165, 1.54) is 6.07 Å². The molecule has 2 nitrogen and oxygen atoms in total. The number of rotatable bonds is 1. The molecule has 1 saturated heterocycles. The average Bonchev–Trinajstić information content (AvgIpc) is 2.66. The van der Waals surface area contributed by atoms with Crippen molar-refractivity contribution in [2.24, 2.45) is 0 Å². The Balaban J connectivity index is 2.26. The van der Waals surface area contributed by atoms with Gasteiger partial charge in [-0.2, -0.15) is 5.26 Å². The van der Waals surface area contributed by atoms with Gasteiger partial charge in [0.05, 0.1) is 10.9 Å². The van der Waals surface area contributed by atoms with Gasteiger partial charge in [0.25, 0.3) is 0 Å². The van der Waals surface area contributed by atoms with Crippen LogP contribution in [0.5, 0.6) is 0 Å². The van der Waals surface area contributed by atoms with Crippen LogP contribution in [0.2, 0.25) is 0 Å². The Bertz CT molecular complexity index is 414. The molecule has 0 aromatic heterocycles. The van der Waals surface area contributed by atoms with E-state index in [0.29, 0.717) is 5.25 Å². The molecule has 78 valence electrons. The Morgan fingerprint density at radius 1 is 1.60 bits per heavy atom. The van der Waals surface area contributed by atoms with Crippen molar-refractivity contribution in [2.45, 2.75) is 17.5 Å². The van der Waals surface area contributed by atoms with E-state index < -0.39 is 5.82 Å². The highest BCUT2D eigenvalue weighted by Gasteiger charge is 2.23. The Morgan fingerprint density at radius 2 is 2.40 bits per heavy atom. The summed E-state index contributed by atoms with van der Waals surface area (Å²) < 4.78 is 13.1. The maximum Gasteiger partial charge on any atom is 0.140 e. The molecule has 2 rings (SSSR count). The van der Waals surface area contributed by atoms with Crippen molar-refractivity contribution >= 4 is 11.8 Å². The molecule has 1 aliphatic heterocycles. The van der Waals surface area contributed by atoms with Crippen LogP contribution in [0, 0.1) is 17.1 Å². The van der Waals surface area contributed by atoms with Gasteiger partial charge < -0.3 is 5.32 Å². The van der Waals surface area contributed by atoms with Gasteiger partial charge in [-0.15, -0.1) is 11.8 Å². The first-order chi connectivity index (χ1) is 7.20. The van der Waals surface area contributed by atoms with E-state index in [4.69, 9.17) is 5.26 Å². The zero-order valence-corrected chi connectivity index (χ0v) is 9.14. The lowest BCUT2D eigenvalue weighted by atomic mass is 10.1. The van der Waals surface area contributed by atoms with Crippen LogP contribution in [0.4, 0.5) is 4.39 Å². The first kappa shape index (κ1) is 10.5. The van der Waals surface area contributed by atoms with Gasteiger partial charge in [0.15, 0.2) is 0 Å². The van der Waals surface area contributed by atoms with Gasteiger partial charge in [-0.05, 0) is 17.7 Å². The first-order valence-electron chi connectivity index (χ1n) is 4.79. The van der Waals surface area contributed by atoms with Crippen molar-refractivity contribution in [1.82, 2.24) is 5.32 Å². The molecule has 1 N–H and O–H groups in total. The van der Waals surface area contributed by atoms with Crippen LogP contribution in [-0.2, 0) is 0 Å². The van der Waals surface area contributed by atoms with Crippen LogP contribution in [0.15, 0.2) is 18.2 Å². The molecule has 0 spiro atoms. The van der Waals surface area contributed by atoms with Crippen LogP contribution in [-0.4, -0.2) is 11.8 Å². The number of hydrogen-bond acceptors (Lipinski definition) is 3. The molecule has 1 fully saturated rings. The quantitative estimate of drug-likeness (QED) is 0.792. The van der Waals surface area contributed by atoms with Crippen molar-refractivity contribution in [2.75, 3.05) is 6.54 Å². The fourth-order valence-corrected chi connectivity index (χ4v) is 2.74. The summed E-state index contributed by atoms with van der Waals surface area (Å²) in [6.45, 7) is 3.10. The van der Waals surface area contributed by atoms with Gasteiger partial charge in [0.2, 0.25) is 0 Å². The van der Waals surface area contributed by atoms with E-state index in [1.54, 1.807) is 23.9 Å². The normalized spacial score (nSPS) is 25.1. The standard InChI is InChI=1S/C11H11FN2S/c1-7-6-14-11(15-7)8-2-3-10(12)9(4-8)5-13/h2-4,7,11,14H,6H2,1H3. The van der Waals surface area contributed by atoms with E-state index in [1.807, 2.05) is 6.07 Å². The summed E-state index contributed by atoms with van der Waals surface area (Å²) in [4.78, 5) is 0. The highest BCUT2D eigenvalue weighted by molar-refractivity contribution is 8.00. The summed E-state index contributed by atoms with van der Waals surface area (Å²) in [5.41, 5.74) is 1.09. The number of nitriles is 1. The first-order valence-corrected chi connectivity index (χ1v) is 5.73. The van der Waals surface area contributed by atoms with E-state index in [-0.39, 0.29) is 10.9 Å². The summed E-state index contributed by atoms with van der Waals surface area (Å²) in [6, 6.07) is 6.58. The maximum atomic E-state index is 13.1. The van der Waals surface area contributed by atoms with E-state index in [9.17, 15) is 4.39 Å². The minimum Gasteiger partial charge on any atom is -0.301 e. The summed E-state index contributed by atoms with van der Waals surface area (Å²) >= 11 is 1.80. The molecular formula is C11H11FN2S. The fourth-order valence-electron chi connectivity index (χ4n) is 1.59. The maximum absolute atomic E-state index is 13.1. The van der Waals surface area contributed by atoms with Crippen molar-refractivity contribution in [1.29, 1.82) is 5.26 Å². The topological polar surface area (TPSA) is 35.8 Å². The minimum absolute atomic E-state index is 0.120. The van der Waals surface area contributed by atoms with Crippen molar-refractivity contribution in [3.8, 4) is 6.07 Å². The van der Waals surface area contributed by atoms with E-state index in [2.05, 4.69) is 12.2 Å². The van der Waals surface area contributed by atoms with Crippen molar-refractivity contribution in [3.05, 3.63) is 35.1 Å². The number of nitrogens with one attached hydrogen (secondary N) is 1. The van der Waals surface area contributed by atoms with Crippen molar-refractivity contribution in [3.63, 3.8) is 0 Å². The molecule has 4 heteroatoms. The lowest BCUT2D eigenvalue weighted by molar-refractivity contribution is 0.621. The molecule has 0 saturated carbocycles. The van der Waals surface area contributed by atoms with E-state index >= 15 is 0 Å². The molecule has 2 atom stereocenters. The summed E-state index contributed by atoms with van der Waals surface area (Å²) in [5, 5.41) is 12.8. The second-order valence-corrected chi connectivity index (χ2v) is 5.13. The van der Waals surface area contributed by atoms with E-state index in [0.717, 1.165) is 12.1 Å². The predicted molar refractivity (Wildman–Crippen MR) is 58.9 cm³/mol. The predicted octanol–water partition coefficient (Wildman–Crippen LogP) is 2.42. The highest BCUT2D eigenvalue weighted by Crippen LogP contribution is 2.34.